The minimum Gasteiger partial charge on any atom is -0.465 e. The first-order chi connectivity index (χ1) is 15.3. The third-order valence-corrected chi connectivity index (χ3v) is 4.00. The van der Waals surface area contributed by atoms with E-state index in [2.05, 4.69) is 20.7 Å². The molecule has 0 saturated heterocycles. The summed E-state index contributed by atoms with van der Waals surface area (Å²) in [6.07, 6.45) is -0.339. The third kappa shape index (κ3) is 8.27. The zero-order valence-electron chi connectivity index (χ0n) is 17.6. The Kier molecular flexibility index (Phi) is 8.91. The molecule has 0 aliphatic rings. The molecule has 0 aliphatic heterocycles. The fraction of sp³-hybridized carbons (Fsp3) is 0.227. The van der Waals surface area contributed by atoms with Crippen LogP contribution in [0.3, 0.4) is 0 Å². The first-order valence-electron chi connectivity index (χ1n) is 9.58. The predicted molar refractivity (Wildman–Crippen MR) is 116 cm³/mol. The number of amides is 3. The number of ether oxygens (including phenoxy) is 2. The fourth-order valence-electron chi connectivity index (χ4n) is 2.50. The molecule has 0 radical (unpaired) electrons. The van der Waals surface area contributed by atoms with Crippen LogP contribution in [0.4, 0.5) is 17.1 Å². The van der Waals surface area contributed by atoms with Gasteiger partial charge in [-0.1, -0.05) is 0 Å². The van der Waals surface area contributed by atoms with Crippen molar-refractivity contribution in [2.75, 3.05) is 29.7 Å². The summed E-state index contributed by atoms with van der Waals surface area (Å²) in [6, 6.07) is 12.5. The van der Waals surface area contributed by atoms with Crippen LogP contribution in [0.5, 0.6) is 0 Å². The summed E-state index contributed by atoms with van der Waals surface area (Å²) in [5.41, 5.74) is 1.85. The van der Waals surface area contributed by atoms with Gasteiger partial charge in [-0.3, -0.25) is 19.2 Å². The summed E-state index contributed by atoms with van der Waals surface area (Å²) in [5.74, 6) is -2.36. The summed E-state index contributed by atoms with van der Waals surface area (Å²) in [4.78, 5) is 58.0. The number of methoxy groups -OCH3 is 1. The van der Waals surface area contributed by atoms with E-state index in [0.717, 1.165) is 0 Å². The number of anilines is 3. The normalized spacial score (nSPS) is 9.94. The lowest BCUT2D eigenvalue weighted by atomic mass is 10.2. The zero-order chi connectivity index (χ0) is 23.5. The Morgan fingerprint density at radius 3 is 1.75 bits per heavy atom. The quantitative estimate of drug-likeness (QED) is 0.507. The smallest absolute Gasteiger partial charge is 0.337 e. The molecule has 0 fully saturated rings. The van der Waals surface area contributed by atoms with Gasteiger partial charge >= 0.3 is 11.9 Å². The highest BCUT2D eigenvalue weighted by Gasteiger charge is 2.12. The number of rotatable bonds is 9. The minimum absolute atomic E-state index is 0.135. The number of hydrogen-bond acceptors (Lipinski definition) is 7. The molecule has 2 rings (SSSR count). The van der Waals surface area contributed by atoms with Gasteiger partial charge in [0.25, 0.3) is 5.91 Å². The molecule has 2 aromatic rings. The van der Waals surface area contributed by atoms with Crippen LogP contribution in [0.15, 0.2) is 48.5 Å². The average molecular weight is 441 g/mol. The van der Waals surface area contributed by atoms with E-state index in [1.165, 1.54) is 38.3 Å². The van der Waals surface area contributed by atoms with Crippen LogP contribution in [0.25, 0.3) is 0 Å². The van der Waals surface area contributed by atoms with Crippen molar-refractivity contribution >= 4 is 46.7 Å². The van der Waals surface area contributed by atoms with Gasteiger partial charge in [-0.25, -0.2) is 4.79 Å². The van der Waals surface area contributed by atoms with Crippen LogP contribution in [-0.4, -0.2) is 43.4 Å². The molecule has 2 aromatic carbocycles. The van der Waals surface area contributed by atoms with E-state index >= 15 is 0 Å². The maximum atomic E-state index is 11.9. The second kappa shape index (κ2) is 11.8. The highest BCUT2D eigenvalue weighted by Crippen LogP contribution is 2.14. The second-order valence-corrected chi connectivity index (χ2v) is 6.58. The second-order valence-electron chi connectivity index (χ2n) is 6.58. The van der Waals surface area contributed by atoms with Crippen LogP contribution < -0.4 is 16.0 Å². The maximum Gasteiger partial charge on any atom is 0.337 e. The van der Waals surface area contributed by atoms with E-state index in [1.807, 2.05) is 0 Å². The van der Waals surface area contributed by atoms with Crippen molar-refractivity contribution in [3.8, 4) is 0 Å². The number of benzene rings is 2. The molecule has 0 aromatic heterocycles. The first-order valence-corrected chi connectivity index (χ1v) is 9.58. The van der Waals surface area contributed by atoms with Crippen molar-refractivity contribution in [2.45, 2.75) is 19.8 Å². The molecule has 10 nitrogen and oxygen atoms in total. The summed E-state index contributed by atoms with van der Waals surface area (Å²) in [7, 11) is 1.27. The van der Waals surface area contributed by atoms with E-state index < -0.39 is 30.4 Å². The number of esters is 2. The number of carbonyl (C=O) groups is 5. The SMILES string of the molecule is COC(=O)c1ccc(NC(=O)CCC(=O)OCC(=O)Nc2ccc(NC(C)=O)cc2)cc1. The highest BCUT2D eigenvalue weighted by molar-refractivity contribution is 5.95. The van der Waals surface area contributed by atoms with Gasteiger partial charge in [-0.15, -0.1) is 0 Å². The number of carbonyl (C=O) groups excluding carboxylic acids is 5. The topological polar surface area (TPSA) is 140 Å². The van der Waals surface area contributed by atoms with E-state index in [0.29, 0.717) is 22.6 Å². The Hall–Kier alpha value is -4.21. The summed E-state index contributed by atoms with van der Waals surface area (Å²) in [5, 5.41) is 7.74. The molecule has 3 amide bonds. The fourth-order valence-corrected chi connectivity index (χ4v) is 2.50. The molecular formula is C22H23N3O7. The van der Waals surface area contributed by atoms with Gasteiger partial charge < -0.3 is 25.4 Å². The Balaban J connectivity index is 1.69. The van der Waals surface area contributed by atoms with Crippen LogP contribution in [0.2, 0.25) is 0 Å². The summed E-state index contributed by atoms with van der Waals surface area (Å²) < 4.78 is 9.46. The lowest BCUT2D eigenvalue weighted by Gasteiger charge is -2.08. The molecule has 0 bridgehead atoms. The molecule has 0 heterocycles. The zero-order valence-corrected chi connectivity index (χ0v) is 17.6. The Morgan fingerprint density at radius 1 is 0.719 bits per heavy atom. The molecule has 0 spiro atoms. The van der Waals surface area contributed by atoms with Crippen molar-refractivity contribution in [1.82, 2.24) is 0 Å². The monoisotopic (exact) mass is 441 g/mol. The van der Waals surface area contributed by atoms with E-state index in [-0.39, 0.29) is 18.7 Å². The minimum atomic E-state index is -0.697. The highest BCUT2D eigenvalue weighted by atomic mass is 16.5. The lowest BCUT2D eigenvalue weighted by Crippen LogP contribution is -2.21. The van der Waals surface area contributed by atoms with Crippen LogP contribution in [0.1, 0.15) is 30.1 Å². The Bertz CT molecular complexity index is 986. The van der Waals surface area contributed by atoms with Crippen molar-refractivity contribution < 1.29 is 33.4 Å². The van der Waals surface area contributed by atoms with Gasteiger partial charge in [-0.05, 0) is 48.5 Å². The van der Waals surface area contributed by atoms with Gasteiger partial charge in [0.2, 0.25) is 11.8 Å². The van der Waals surface area contributed by atoms with Crippen molar-refractivity contribution in [2.24, 2.45) is 0 Å². The first kappa shape index (κ1) is 24.1. The predicted octanol–water partition coefficient (Wildman–Crippen LogP) is 2.33. The number of hydrogen-bond donors (Lipinski definition) is 3. The summed E-state index contributed by atoms with van der Waals surface area (Å²) >= 11 is 0. The molecule has 0 unspecified atom stereocenters. The molecular weight excluding hydrogens is 418 g/mol. The van der Waals surface area contributed by atoms with Crippen LogP contribution in [0, 0.1) is 0 Å². The molecule has 3 N–H and O–H groups in total. The van der Waals surface area contributed by atoms with Crippen LogP contribution in [-0.2, 0) is 28.7 Å². The largest absolute Gasteiger partial charge is 0.465 e. The molecule has 0 atom stereocenters. The van der Waals surface area contributed by atoms with Gasteiger partial charge in [0.1, 0.15) is 0 Å². The van der Waals surface area contributed by atoms with E-state index in [9.17, 15) is 24.0 Å². The molecule has 10 heteroatoms. The Labute approximate surface area is 184 Å². The van der Waals surface area contributed by atoms with Crippen molar-refractivity contribution in [1.29, 1.82) is 0 Å². The molecule has 0 saturated carbocycles. The summed E-state index contributed by atoms with van der Waals surface area (Å²) in [6.45, 7) is 0.889. The van der Waals surface area contributed by atoms with E-state index in [1.54, 1.807) is 24.3 Å². The van der Waals surface area contributed by atoms with Gasteiger partial charge in [0.15, 0.2) is 6.61 Å². The molecule has 32 heavy (non-hydrogen) atoms. The van der Waals surface area contributed by atoms with Gasteiger partial charge in [0, 0.05) is 30.4 Å². The molecule has 168 valence electrons. The van der Waals surface area contributed by atoms with Gasteiger partial charge in [0.05, 0.1) is 19.1 Å². The van der Waals surface area contributed by atoms with Crippen LogP contribution >= 0.6 is 0 Å². The standard InChI is InChI=1S/C22H23N3O7/c1-14(26)23-16-7-9-18(10-8-16)25-20(28)13-32-21(29)12-11-19(27)24-17-5-3-15(4-6-17)22(30)31-2/h3-10H,11-13H2,1-2H3,(H,23,26)(H,24,27)(H,25,28). The van der Waals surface area contributed by atoms with E-state index in [4.69, 9.17) is 4.74 Å². The lowest BCUT2D eigenvalue weighted by molar-refractivity contribution is -0.147. The maximum absolute atomic E-state index is 11.9. The van der Waals surface area contributed by atoms with Crippen molar-refractivity contribution in [3.63, 3.8) is 0 Å². The Morgan fingerprint density at radius 2 is 1.22 bits per heavy atom. The third-order valence-electron chi connectivity index (χ3n) is 4.00. The number of nitrogens with one attached hydrogen (secondary N) is 3. The average Bonchev–Trinajstić information content (AvgIpc) is 2.77. The molecule has 0 aliphatic carbocycles. The van der Waals surface area contributed by atoms with Crippen molar-refractivity contribution in [3.05, 3.63) is 54.1 Å². The van der Waals surface area contributed by atoms with Gasteiger partial charge in [-0.2, -0.15) is 0 Å².